The zero-order chi connectivity index (χ0) is 15.9. The molecule has 1 aromatic carbocycles. The number of benzene rings is 1. The Bertz CT molecular complexity index is 702. The molecule has 22 heavy (non-hydrogen) atoms. The molecule has 5 nitrogen and oxygen atoms in total. The first-order chi connectivity index (χ1) is 10.6. The molecule has 0 bridgehead atoms. The molecule has 0 unspecified atom stereocenters. The van der Waals surface area contributed by atoms with Crippen LogP contribution in [0.4, 0.5) is 14.9 Å². The summed E-state index contributed by atoms with van der Waals surface area (Å²) in [7, 11) is 0. The Kier molecular flexibility index (Phi) is 5.08. The van der Waals surface area contributed by atoms with Gasteiger partial charge in [0.2, 0.25) is 0 Å². The number of nitrogens with two attached hydrogens (primary N) is 1. The van der Waals surface area contributed by atoms with Gasteiger partial charge < -0.3 is 16.2 Å². The third kappa shape index (κ3) is 4.31. The standard InChI is InChI=1S/C16H16FN3O2/c17-13-4-5-15(18)14(8-13)12-7-11(9-19-10-12)3-1-2-6-20-16(21)22/h1,3-5,7-10,20H,2,6,18H2,(H,21,22). The highest BCUT2D eigenvalue weighted by Gasteiger charge is 2.05. The summed E-state index contributed by atoms with van der Waals surface area (Å²) in [6, 6.07) is 6.05. The lowest BCUT2D eigenvalue weighted by Gasteiger charge is -2.06. The summed E-state index contributed by atoms with van der Waals surface area (Å²) < 4.78 is 13.3. The number of anilines is 1. The lowest BCUT2D eigenvalue weighted by atomic mass is 10.0. The van der Waals surface area contributed by atoms with Gasteiger partial charge in [-0.25, -0.2) is 9.18 Å². The Labute approximate surface area is 127 Å². The molecule has 1 aromatic heterocycles. The van der Waals surface area contributed by atoms with E-state index in [0.717, 1.165) is 11.1 Å². The van der Waals surface area contributed by atoms with Crippen LogP contribution in [0.15, 0.2) is 42.7 Å². The summed E-state index contributed by atoms with van der Waals surface area (Å²) in [5, 5.41) is 10.7. The maximum Gasteiger partial charge on any atom is 0.404 e. The topological polar surface area (TPSA) is 88.2 Å². The molecule has 1 heterocycles. The van der Waals surface area contributed by atoms with E-state index in [1.807, 2.05) is 18.2 Å². The lowest BCUT2D eigenvalue weighted by molar-refractivity contribution is 0.194. The van der Waals surface area contributed by atoms with Gasteiger partial charge in [-0.05, 0) is 36.2 Å². The van der Waals surface area contributed by atoms with Crippen molar-refractivity contribution in [1.29, 1.82) is 0 Å². The highest BCUT2D eigenvalue weighted by atomic mass is 19.1. The fourth-order valence-corrected chi connectivity index (χ4v) is 1.96. The molecule has 0 radical (unpaired) electrons. The summed E-state index contributed by atoms with van der Waals surface area (Å²) in [6.45, 7) is 0.343. The molecule has 2 aromatic rings. The summed E-state index contributed by atoms with van der Waals surface area (Å²) in [5.41, 5.74) is 8.49. The van der Waals surface area contributed by atoms with Crippen LogP contribution in [0.2, 0.25) is 0 Å². The van der Waals surface area contributed by atoms with Gasteiger partial charge in [0.1, 0.15) is 5.82 Å². The van der Waals surface area contributed by atoms with Crippen molar-refractivity contribution in [3.63, 3.8) is 0 Å². The third-order valence-corrected chi connectivity index (χ3v) is 2.98. The zero-order valence-corrected chi connectivity index (χ0v) is 11.8. The molecule has 2 rings (SSSR count). The molecule has 0 aliphatic carbocycles. The summed E-state index contributed by atoms with van der Waals surface area (Å²) in [4.78, 5) is 14.4. The molecule has 1 amide bonds. The van der Waals surface area contributed by atoms with Crippen LogP contribution in [0.25, 0.3) is 17.2 Å². The minimum atomic E-state index is -1.04. The molecule has 4 N–H and O–H groups in total. The van der Waals surface area contributed by atoms with Gasteiger partial charge in [0.25, 0.3) is 0 Å². The quantitative estimate of drug-likeness (QED) is 0.584. The second-order valence-electron chi connectivity index (χ2n) is 4.66. The van der Waals surface area contributed by atoms with Crippen molar-refractivity contribution in [2.75, 3.05) is 12.3 Å². The maximum absolute atomic E-state index is 13.3. The number of carbonyl (C=O) groups is 1. The minimum Gasteiger partial charge on any atom is -0.465 e. The predicted octanol–water partition coefficient (Wildman–Crippen LogP) is 3.14. The van der Waals surface area contributed by atoms with Crippen LogP contribution in [-0.2, 0) is 0 Å². The normalized spacial score (nSPS) is 10.8. The number of hydrogen-bond donors (Lipinski definition) is 3. The number of nitrogens with zero attached hydrogens (tertiary/aromatic N) is 1. The number of rotatable bonds is 5. The second-order valence-corrected chi connectivity index (χ2v) is 4.66. The molecule has 0 saturated heterocycles. The van der Waals surface area contributed by atoms with Crippen LogP contribution >= 0.6 is 0 Å². The highest BCUT2D eigenvalue weighted by Crippen LogP contribution is 2.26. The number of carboxylic acid groups (broad SMARTS) is 1. The van der Waals surface area contributed by atoms with Gasteiger partial charge in [-0.1, -0.05) is 12.2 Å². The molecule has 0 saturated carbocycles. The van der Waals surface area contributed by atoms with Crippen LogP contribution in [0.5, 0.6) is 0 Å². The maximum atomic E-state index is 13.3. The Balaban J connectivity index is 2.11. The minimum absolute atomic E-state index is 0.343. The summed E-state index contributed by atoms with van der Waals surface area (Å²) >= 11 is 0. The molecule has 6 heteroatoms. The van der Waals surface area contributed by atoms with E-state index in [1.54, 1.807) is 12.4 Å². The number of hydrogen-bond acceptors (Lipinski definition) is 3. The zero-order valence-electron chi connectivity index (χ0n) is 11.8. The van der Waals surface area contributed by atoms with E-state index in [-0.39, 0.29) is 5.82 Å². The van der Waals surface area contributed by atoms with Gasteiger partial charge in [0.15, 0.2) is 0 Å². The number of nitrogen functional groups attached to an aromatic ring is 1. The van der Waals surface area contributed by atoms with Gasteiger partial charge in [0, 0.05) is 35.8 Å². The molecule has 114 valence electrons. The largest absolute Gasteiger partial charge is 0.465 e. The molecule has 0 aliphatic rings. The fourth-order valence-electron chi connectivity index (χ4n) is 1.96. The van der Waals surface area contributed by atoms with Crippen LogP contribution in [-0.4, -0.2) is 22.7 Å². The van der Waals surface area contributed by atoms with Crippen molar-refractivity contribution in [2.24, 2.45) is 0 Å². The van der Waals surface area contributed by atoms with Crippen molar-refractivity contribution in [1.82, 2.24) is 10.3 Å². The number of amides is 1. The average molecular weight is 301 g/mol. The van der Waals surface area contributed by atoms with E-state index >= 15 is 0 Å². The van der Waals surface area contributed by atoms with Crippen molar-refractivity contribution < 1.29 is 14.3 Å². The molecule has 0 fully saturated rings. The van der Waals surface area contributed by atoms with E-state index in [2.05, 4.69) is 10.3 Å². The van der Waals surface area contributed by atoms with E-state index < -0.39 is 6.09 Å². The number of halogens is 1. The smallest absolute Gasteiger partial charge is 0.404 e. The highest BCUT2D eigenvalue weighted by molar-refractivity contribution is 5.77. The second kappa shape index (κ2) is 7.21. The van der Waals surface area contributed by atoms with E-state index in [9.17, 15) is 9.18 Å². The molecule has 0 spiro atoms. The van der Waals surface area contributed by atoms with Gasteiger partial charge in [-0.2, -0.15) is 0 Å². The summed E-state index contributed by atoms with van der Waals surface area (Å²) in [5.74, 6) is -0.357. The van der Waals surface area contributed by atoms with Crippen LogP contribution in [0.1, 0.15) is 12.0 Å². The van der Waals surface area contributed by atoms with E-state index in [4.69, 9.17) is 10.8 Å². The number of nitrogens with one attached hydrogen (secondary N) is 1. The Hall–Kier alpha value is -2.89. The van der Waals surface area contributed by atoms with Gasteiger partial charge in [-0.15, -0.1) is 0 Å². The lowest BCUT2D eigenvalue weighted by Crippen LogP contribution is -2.21. The Morgan fingerprint density at radius 2 is 2.18 bits per heavy atom. The molecular formula is C16H16FN3O2. The molecule has 0 atom stereocenters. The fraction of sp³-hybridized carbons (Fsp3) is 0.125. The van der Waals surface area contributed by atoms with Crippen molar-refractivity contribution in [3.8, 4) is 11.1 Å². The van der Waals surface area contributed by atoms with E-state index in [1.165, 1.54) is 18.2 Å². The van der Waals surface area contributed by atoms with Crippen molar-refractivity contribution >= 4 is 17.9 Å². The number of pyridine rings is 1. The monoisotopic (exact) mass is 301 g/mol. The van der Waals surface area contributed by atoms with E-state index in [0.29, 0.717) is 24.2 Å². The van der Waals surface area contributed by atoms with Gasteiger partial charge >= 0.3 is 6.09 Å². The van der Waals surface area contributed by atoms with Crippen molar-refractivity contribution in [3.05, 3.63) is 54.1 Å². The molecular weight excluding hydrogens is 285 g/mol. The first-order valence-corrected chi connectivity index (χ1v) is 6.70. The SMILES string of the molecule is Nc1ccc(F)cc1-c1cncc(C=CCCNC(=O)O)c1. The predicted molar refractivity (Wildman–Crippen MR) is 83.7 cm³/mol. The first-order valence-electron chi connectivity index (χ1n) is 6.70. The molecule has 0 aliphatic heterocycles. The average Bonchev–Trinajstić information content (AvgIpc) is 2.49. The van der Waals surface area contributed by atoms with Gasteiger partial charge in [-0.3, -0.25) is 4.98 Å². The Morgan fingerprint density at radius 3 is 2.95 bits per heavy atom. The Morgan fingerprint density at radius 1 is 1.36 bits per heavy atom. The van der Waals surface area contributed by atoms with Crippen molar-refractivity contribution in [2.45, 2.75) is 6.42 Å². The van der Waals surface area contributed by atoms with Crippen LogP contribution in [0.3, 0.4) is 0 Å². The first kappa shape index (κ1) is 15.5. The van der Waals surface area contributed by atoms with Crippen LogP contribution in [0, 0.1) is 5.82 Å². The number of aromatic nitrogens is 1. The van der Waals surface area contributed by atoms with Crippen LogP contribution < -0.4 is 11.1 Å². The summed E-state index contributed by atoms with van der Waals surface area (Å²) in [6.07, 6.45) is 6.48. The van der Waals surface area contributed by atoms with Gasteiger partial charge in [0.05, 0.1) is 0 Å². The third-order valence-electron chi connectivity index (χ3n) is 2.98.